The minimum Gasteiger partial charge on any atom is -0.393 e. The molecule has 1 fully saturated rings. The van der Waals surface area contributed by atoms with Gasteiger partial charge < -0.3 is 5.11 Å². The summed E-state index contributed by atoms with van der Waals surface area (Å²) in [6.45, 7) is 16.7. The van der Waals surface area contributed by atoms with Crippen molar-refractivity contribution in [3.63, 3.8) is 0 Å². The molecule has 0 spiro atoms. The van der Waals surface area contributed by atoms with E-state index >= 15 is 0 Å². The van der Waals surface area contributed by atoms with Crippen LogP contribution < -0.4 is 0 Å². The Bertz CT molecular complexity index is 741. The van der Waals surface area contributed by atoms with Crippen molar-refractivity contribution in [2.75, 3.05) is 0 Å². The van der Waals surface area contributed by atoms with Crippen LogP contribution in [0.1, 0.15) is 105 Å². The quantitative estimate of drug-likeness (QED) is 0.440. The Balaban J connectivity index is 1.51. The molecule has 0 aromatic rings. The van der Waals surface area contributed by atoms with Crippen LogP contribution in [0.3, 0.4) is 0 Å². The second kappa shape index (κ2) is 8.27. The Morgan fingerprint density at radius 1 is 1.17 bits per heavy atom. The lowest BCUT2D eigenvalue weighted by Crippen LogP contribution is -2.44. The predicted molar refractivity (Wildman–Crippen MR) is 128 cm³/mol. The Morgan fingerprint density at radius 3 is 2.67 bits per heavy atom. The van der Waals surface area contributed by atoms with Crippen molar-refractivity contribution in [2.45, 2.75) is 111 Å². The van der Waals surface area contributed by atoms with E-state index in [-0.39, 0.29) is 6.10 Å². The lowest BCUT2D eigenvalue weighted by molar-refractivity contribution is 0.0225. The van der Waals surface area contributed by atoms with Gasteiger partial charge in [-0.15, -0.1) is 0 Å². The molecule has 0 aliphatic heterocycles. The maximum absolute atomic E-state index is 10.3. The van der Waals surface area contributed by atoms with Crippen molar-refractivity contribution in [1.82, 2.24) is 0 Å². The van der Waals surface area contributed by atoms with E-state index in [2.05, 4.69) is 47.3 Å². The van der Waals surface area contributed by atoms with Gasteiger partial charge in [-0.05, 0) is 116 Å². The molecule has 1 saturated carbocycles. The molecule has 4 aliphatic rings. The molecule has 4 aliphatic carbocycles. The first-order valence-electron chi connectivity index (χ1n) is 13.0. The zero-order chi connectivity index (χ0) is 21.7. The fraction of sp³-hybridized carbons (Fsp3) is 0.793. The van der Waals surface area contributed by atoms with E-state index < -0.39 is 0 Å². The minimum atomic E-state index is -0.0554. The maximum atomic E-state index is 10.3. The van der Waals surface area contributed by atoms with Crippen LogP contribution in [0, 0.1) is 34.5 Å². The highest BCUT2D eigenvalue weighted by atomic mass is 16.3. The fourth-order valence-corrected chi connectivity index (χ4v) is 7.88. The lowest BCUT2D eigenvalue weighted by atomic mass is 9.51. The summed E-state index contributed by atoms with van der Waals surface area (Å²) in [6, 6.07) is 0. The average Bonchev–Trinajstić information content (AvgIpc) is 3.09. The summed E-state index contributed by atoms with van der Waals surface area (Å²) in [5, 5.41) is 10.3. The zero-order valence-electron chi connectivity index (χ0n) is 20.4. The molecule has 1 nitrogen and oxygen atoms in total. The Hall–Kier alpha value is -0.820. The van der Waals surface area contributed by atoms with E-state index in [4.69, 9.17) is 0 Å². The molecule has 4 rings (SSSR count). The predicted octanol–water partition coefficient (Wildman–Crippen LogP) is 8.01. The fourth-order valence-electron chi connectivity index (χ4n) is 7.88. The summed E-state index contributed by atoms with van der Waals surface area (Å²) in [6.07, 6.45) is 16.0. The van der Waals surface area contributed by atoms with Crippen LogP contribution in [0.5, 0.6) is 0 Å². The SMILES string of the molecule is C=C(CC[C@@H](C)[C@H]1CC=C2C3=C(CC[C@@]21C)[C@@]1(C)CCC(O)CC1CC3)C(C)CC. The number of aliphatic hydroxyl groups is 1. The summed E-state index contributed by atoms with van der Waals surface area (Å²) < 4.78 is 0. The number of hydrogen-bond acceptors (Lipinski definition) is 1. The number of allylic oxidation sites excluding steroid dienone is 5. The number of hydrogen-bond donors (Lipinski definition) is 1. The third kappa shape index (κ3) is 3.58. The first kappa shape index (κ1) is 22.4. The van der Waals surface area contributed by atoms with Gasteiger partial charge in [-0.1, -0.05) is 58.4 Å². The van der Waals surface area contributed by atoms with Crippen LogP contribution in [0.25, 0.3) is 0 Å². The molecule has 3 unspecified atom stereocenters. The van der Waals surface area contributed by atoms with Gasteiger partial charge in [-0.3, -0.25) is 0 Å². The van der Waals surface area contributed by atoms with E-state index in [1.54, 1.807) is 16.7 Å². The van der Waals surface area contributed by atoms with Crippen LogP contribution in [0.2, 0.25) is 0 Å². The van der Waals surface area contributed by atoms with Crippen LogP contribution in [-0.2, 0) is 0 Å². The molecular formula is C29H46O. The number of rotatable bonds is 6. The average molecular weight is 411 g/mol. The van der Waals surface area contributed by atoms with Crippen molar-refractivity contribution in [2.24, 2.45) is 34.5 Å². The molecule has 0 radical (unpaired) electrons. The van der Waals surface area contributed by atoms with Gasteiger partial charge in [0.1, 0.15) is 0 Å². The molecular weight excluding hydrogens is 364 g/mol. The molecule has 0 amide bonds. The van der Waals surface area contributed by atoms with Crippen molar-refractivity contribution in [3.05, 3.63) is 34.9 Å². The van der Waals surface area contributed by atoms with Gasteiger partial charge >= 0.3 is 0 Å². The molecule has 1 N–H and O–H groups in total. The van der Waals surface area contributed by atoms with Crippen LogP contribution in [-0.4, -0.2) is 11.2 Å². The van der Waals surface area contributed by atoms with Crippen LogP contribution >= 0.6 is 0 Å². The normalized spacial score (nSPS) is 40.2. The third-order valence-corrected chi connectivity index (χ3v) is 10.4. The highest BCUT2D eigenvalue weighted by molar-refractivity contribution is 5.49. The van der Waals surface area contributed by atoms with Crippen LogP contribution in [0.4, 0.5) is 0 Å². The van der Waals surface area contributed by atoms with E-state index in [1.807, 2.05) is 0 Å². The smallest absolute Gasteiger partial charge is 0.0543 e. The monoisotopic (exact) mass is 410 g/mol. The molecule has 168 valence electrons. The van der Waals surface area contributed by atoms with E-state index in [9.17, 15) is 5.11 Å². The second-order valence-electron chi connectivity index (χ2n) is 11.9. The molecule has 0 heterocycles. The highest BCUT2D eigenvalue weighted by Gasteiger charge is 2.52. The standard InChI is InChI=1S/C29H46O/c1-7-19(2)20(3)8-9-21(4)25-12-13-26-24-11-10-22-18-23(30)14-16-28(22,5)27(24)15-17-29(25,26)6/h13,19,21-23,25,30H,3,7-12,14-18H2,1-2,4-6H3/t19?,21-,22?,23?,25-,28+,29-/m1/s1. The van der Waals surface area contributed by atoms with Crippen molar-refractivity contribution < 1.29 is 5.11 Å². The van der Waals surface area contributed by atoms with Gasteiger partial charge in [0.05, 0.1) is 6.10 Å². The summed E-state index contributed by atoms with van der Waals surface area (Å²) in [5.41, 5.74) is 7.50. The summed E-state index contributed by atoms with van der Waals surface area (Å²) in [5.74, 6) is 2.93. The molecule has 1 heteroatoms. The highest BCUT2D eigenvalue weighted by Crippen LogP contribution is 2.64. The third-order valence-electron chi connectivity index (χ3n) is 10.4. The summed E-state index contributed by atoms with van der Waals surface area (Å²) in [7, 11) is 0. The molecule has 0 bridgehead atoms. The van der Waals surface area contributed by atoms with E-state index in [0.717, 1.165) is 24.7 Å². The molecule has 0 aromatic heterocycles. The van der Waals surface area contributed by atoms with Gasteiger partial charge in [0.25, 0.3) is 0 Å². The van der Waals surface area contributed by atoms with Crippen LogP contribution in [0.15, 0.2) is 34.9 Å². The second-order valence-corrected chi connectivity index (χ2v) is 11.9. The topological polar surface area (TPSA) is 20.2 Å². The number of aliphatic hydroxyl groups excluding tert-OH is 1. The van der Waals surface area contributed by atoms with Gasteiger partial charge in [0, 0.05) is 0 Å². The van der Waals surface area contributed by atoms with Crippen molar-refractivity contribution in [1.29, 1.82) is 0 Å². The molecule has 7 atom stereocenters. The van der Waals surface area contributed by atoms with Crippen molar-refractivity contribution in [3.8, 4) is 0 Å². The summed E-state index contributed by atoms with van der Waals surface area (Å²) >= 11 is 0. The lowest BCUT2D eigenvalue weighted by Gasteiger charge is -2.54. The van der Waals surface area contributed by atoms with E-state index in [0.29, 0.717) is 22.7 Å². The first-order chi connectivity index (χ1) is 14.2. The first-order valence-corrected chi connectivity index (χ1v) is 13.0. The summed E-state index contributed by atoms with van der Waals surface area (Å²) in [4.78, 5) is 0. The van der Waals surface area contributed by atoms with Gasteiger partial charge in [0.15, 0.2) is 0 Å². The van der Waals surface area contributed by atoms with Gasteiger partial charge in [-0.2, -0.15) is 0 Å². The van der Waals surface area contributed by atoms with Gasteiger partial charge in [0.2, 0.25) is 0 Å². The Labute approximate surface area is 186 Å². The zero-order valence-corrected chi connectivity index (χ0v) is 20.4. The van der Waals surface area contributed by atoms with E-state index in [1.165, 1.54) is 63.4 Å². The largest absolute Gasteiger partial charge is 0.393 e. The Morgan fingerprint density at radius 2 is 1.93 bits per heavy atom. The molecule has 0 saturated heterocycles. The molecule has 0 aromatic carbocycles. The number of fused-ring (bicyclic) bond motifs is 4. The molecule has 30 heavy (non-hydrogen) atoms. The Kier molecular flexibility index (Phi) is 6.17. The minimum absolute atomic E-state index is 0.0554. The van der Waals surface area contributed by atoms with Crippen molar-refractivity contribution >= 4 is 0 Å². The maximum Gasteiger partial charge on any atom is 0.0543 e. The van der Waals surface area contributed by atoms with Gasteiger partial charge in [-0.25, -0.2) is 0 Å².